The summed E-state index contributed by atoms with van der Waals surface area (Å²) < 4.78 is 5.27. The zero-order valence-corrected chi connectivity index (χ0v) is 17.5. The first-order valence-corrected chi connectivity index (χ1v) is 10.8. The van der Waals surface area contributed by atoms with Crippen LogP contribution in [0.5, 0.6) is 11.5 Å². The molecule has 0 spiro atoms. The summed E-state index contributed by atoms with van der Waals surface area (Å²) in [4.78, 5) is 12.9. The van der Waals surface area contributed by atoms with Crippen molar-refractivity contribution in [1.82, 2.24) is 5.32 Å². The van der Waals surface area contributed by atoms with Gasteiger partial charge in [-0.1, -0.05) is 36.4 Å². The zero-order valence-electron chi connectivity index (χ0n) is 16.6. The highest BCUT2D eigenvalue weighted by Gasteiger charge is 2.37. The Hall–Kier alpha value is -3.17. The fourth-order valence-corrected chi connectivity index (χ4v) is 4.99. The number of methoxy groups -OCH3 is 1. The molecule has 0 fully saturated rings. The maximum absolute atomic E-state index is 12.9. The Kier molecular flexibility index (Phi) is 5.82. The number of allylic oxidation sites excluding steroid dienone is 3. The van der Waals surface area contributed by atoms with Gasteiger partial charge in [-0.2, -0.15) is 5.26 Å². The number of nitrogens with one attached hydrogen (secondary N) is 1. The number of benzene rings is 2. The lowest BCUT2D eigenvalue weighted by Gasteiger charge is -2.33. The van der Waals surface area contributed by atoms with Gasteiger partial charge >= 0.3 is 0 Å². The number of aromatic hydroxyl groups is 1. The predicted molar refractivity (Wildman–Crippen MR) is 117 cm³/mol. The average molecular weight is 419 g/mol. The first-order valence-electron chi connectivity index (χ1n) is 9.83. The van der Waals surface area contributed by atoms with Crippen LogP contribution in [0.3, 0.4) is 0 Å². The van der Waals surface area contributed by atoms with Gasteiger partial charge in [-0.15, -0.1) is 11.8 Å². The molecular formula is C24H22N2O3S. The van der Waals surface area contributed by atoms with Crippen molar-refractivity contribution in [1.29, 1.82) is 5.26 Å². The molecule has 0 saturated heterocycles. The molecule has 6 heteroatoms. The van der Waals surface area contributed by atoms with Gasteiger partial charge in [-0.05, 0) is 36.1 Å². The number of ketones is 1. The van der Waals surface area contributed by atoms with Gasteiger partial charge in [0.05, 0.1) is 29.7 Å². The lowest BCUT2D eigenvalue weighted by molar-refractivity contribution is -0.116. The maximum Gasteiger partial charge on any atom is 0.161 e. The normalized spacial score (nSPS) is 18.5. The first kappa shape index (κ1) is 20.1. The van der Waals surface area contributed by atoms with E-state index >= 15 is 0 Å². The van der Waals surface area contributed by atoms with Crippen LogP contribution in [0.25, 0.3) is 0 Å². The second-order valence-electron chi connectivity index (χ2n) is 7.29. The van der Waals surface area contributed by atoms with Crippen LogP contribution in [0.2, 0.25) is 0 Å². The van der Waals surface area contributed by atoms with E-state index in [1.807, 2.05) is 18.2 Å². The van der Waals surface area contributed by atoms with E-state index in [0.29, 0.717) is 23.3 Å². The lowest BCUT2D eigenvalue weighted by atomic mass is 9.77. The molecule has 0 amide bonds. The molecular weight excluding hydrogens is 396 g/mol. The van der Waals surface area contributed by atoms with Crippen LogP contribution in [-0.4, -0.2) is 18.0 Å². The van der Waals surface area contributed by atoms with E-state index < -0.39 is 5.92 Å². The number of phenols is 1. The Balaban J connectivity index is 1.78. The smallest absolute Gasteiger partial charge is 0.161 e. The number of rotatable bonds is 5. The highest BCUT2D eigenvalue weighted by molar-refractivity contribution is 8.02. The van der Waals surface area contributed by atoms with Crippen LogP contribution >= 0.6 is 11.8 Å². The van der Waals surface area contributed by atoms with Gasteiger partial charge in [0, 0.05) is 23.4 Å². The second-order valence-corrected chi connectivity index (χ2v) is 8.27. The highest BCUT2D eigenvalue weighted by atomic mass is 32.2. The molecule has 2 aromatic rings. The number of hydrogen-bond donors (Lipinski definition) is 2. The summed E-state index contributed by atoms with van der Waals surface area (Å²) in [5.41, 5.74) is 4.02. The quantitative estimate of drug-likeness (QED) is 0.728. The number of carbonyl (C=O) groups excluding carboxylic acids is 1. The van der Waals surface area contributed by atoms with Crippen molar-refractivity contribution in [3.05, 3.63) is 81.5 Å². The van der Waals surface area contributed by atoms with E-state index in [0.717, 1.165) is 40.4 Å². The first-order chi connectivity index (χ1) is 14.6. The van der Waals surface area contributed by atoms with Crippen molar-refractivity contribution >= 4 is 17.5 Å². The van der Waals surface area contributed by atoms with Crippen LogP contribution in [0.15, 0.2) is 70.4 Å². The molecule has 1 heterocycles. The molecule has 0 aromatic heterocycles. The Bertz CT molecular complexity index is 1080. The summed E-state index contributed by atoms with van der Waals surface area (Å²) in [7, 11) is 1.49. The van der Waals surface area contributed by atoms with E-state index in [2.05, 4.69) is 23.5 Å². The third kappa shape index (κ3) is 3.81. The molecule has 2 aliphatic rings. The molecule has 0 radical (unpaired) electrons. The Morgan fingerprint density at radius 1 is 1.23 bits per heavy atom. The molecule has 1 aliphatic carbocycles. The highest BCUT2D eigenvalue weighted by Crippen LogP contribution is 2.45. The van der Waals surface area contributed by atoms with Crippen LogP contribution in [-0.2, 0) is 10.5 Å². The van der Waals surface area contributed by atoms with Crippen molar-refractivity contribution in [2.75, 3.05) is 7.11 Å². The number of thioether (sulfide) groups is 1. The maximum atomic E-state index is 12.9. The SMILES string of the molecule is COc1cc([C@@H]2C(C#N)=C(SCc3ccccc3)NC3=C2C(=O)CCC3)ccc1O. The van der Waals surface area contributed by atoms with Crippen molar-refractivity contribution < 1.29 is 14.6 Å². The molecule has 0 bridgehead atoms. The van der Waals surface area contributed by atoms with Crippen molar-refractivity contribution in [3.8, 4) is 17.6 Å². The van der Waals surface area contributed by atoms with Crippen LogP contribution in [0.4, 0.5) is 0 Å². The van der Waals surface area contributed by atoms with E-state index in [1.165, 1.54) is 7.11 Å². The zero-order chi connectivity index (χ0) is 21.1. The summed E-state index contributed by atoms with van der Waals surface area (Å²) in [6.45, 7) is 0. The minimum absolute atomic E-state index is 0.0283. The van der Waals surface area contributed by atoms with Gasteiger partial charge in [0.2, 0.25) is 0 Å². The largest absolute Gasteiger partial charge is 0.504 e. The molecule has 0 unspecified atom stereocenters. The van der Waals surface area contributed by atoms with Crippen LogP contribution in [0.1, 0.15) is 36.3 Å². The second kappa shape index (κ2) is 8.68. The topological polar surface area (TPSA) is 82.3 Å². The van der Waals surface area contributed by atoms with Crippen molar-refractivity contribution in [2.24, 2.45) is 0 Å². The van der Waals surface area contributed by atoms with Crippen LogP contribution in [0, 0.1) is 11.3 Å². The number of phenolic OH excluding ortho intramolecular Hbond substituents is 1. The molecule has 1 atom stereocenters. The number of carbonyl (C=O) groups is 1. The summed E-state index contributed by atoms with van der Waals surface area (Å²) >= 11 is 1.57. The minimum Gasteiger partial charge on any atom is -0.504 e. The van der Waals surface area contributed by atoms with E-state index in [9.17, 15) is 15.2 Å². The summed E-state index contributed by atoms with van der Waals surface area (Å²) in [6, 6.07) is 17.5. The predicted octanol–water partition coefficient (Wildman–Crippen LogP) is 4.76. The molecule has 4 rings (SSSR count). The number of nitriles is 1. The average Bonchev–Trinajstić information content (AvgIpc) is 2.78. The standard InChI is InChI=1S/C24H22N2O3S/c1-29-21-12-16(10-11-19(21)27)22-17(13-25)24(30-14-15-6-3-2-4-7-15)26-18-8-5-9-20(28)23(18)22/h2-4,6-7,10-12,22,26-27H,5,8-9,14H2,1H3/t22-/m1/s1. The monoisotopic (exact) mass is 418 g/mol. The molecule has 2 aromatic carbocycles. The molecule has 2 N–H and O–H groups in total. The molecule has 152 valence electrons. The van der Waals surface area contributed by atoms with Crippen LogP contribution < -0.4 is 10.1 Å². The molecule has 5 nitrogen and oxygen atoms in total. The van der Waals surface area contributed by atoms with E-state index in [-0.39, 0.29) is 11.5 Å². The van der Waals surface area contributed by atoms with Gasteiger partial charge in [-0.25, -0.2) is 0 Å². The Morgan fingerprint density at radius 3 is 2.77 bits per heavy atom. The van der Waals surface area contributed by atoms with E-state index in [1.54, 1.807) is 30.0 Å². The van der Waals surface area contributed by atoms with Crippen molar-refractivity contribution in [2.45, 2.75) is 30.9 Å². The summed E-state index contributed by atoms with van der Waals surface area (Å²) in [5, 5.41) is 24.3. The van der Waals surface area contributed by atoms with Gasteiger partial charge in [0.15, 0.2) is 17.3 Å². The van der Waals surface area contributed by atoms with E-state index in [4.69, 9.17) is 4.74 Å². The number of Topliss-reactive ketones (excluding diaryl/α,β-unsaturated/α-hetero) is 1. The minimum atomic E-state index is -0.466. The molecule has 0 saturated carbocycles. The van der Waals surface area contributed by atoms with Gasteiger partial charge in [-0.3, -0.25) is 4.79 Å². The van der Waals surface area contributed by atoms with Gasteiger partial charge in [0.25, 0.3) is 0 Å². The number of dihydropyridines is 1. The number of hydrogen-bond acceptors (Lipinski definition) is 6. The third-order valence-electron chi connectivity index (χ3n) is 5.43. The molecule has 1 aliphatic heterocycles. The lowest BCUT2D eigenvalue weighted by Crippen LogP contribution is -2.31. The molecule has 30 heavy (non-hydrogen) atoms. The number of ether oxygens (including phenoxy) is 1. The van der Waals surface area contributed by atoms with Gasteiger partial charge < -0.3 is 15.2 Å². The van der Waals surface area contributed by atoms with Crippen molar-refractivity contribution in [3.63, 3.8) is 0 Å². The summed E-state index contributed by atoms with van der Waals surface area (Å²) in [6.07, 6.45) is 2.06. The van der Waals surface area contributed by atoms with Gasteiger partial charge in [0.1, 0.15) is 0 Å². The summed E-state index contributed by atoms with van der Waals surface area (Å²) in [5.74, 6) is 0.677. The Morgan fingerprint density at radius 2 is 2.03 bits per heavy atom. The third-order valence-corrected chi connectivity index (χ3v) is 6.51. The fraction of sp³-hybridized carbons (Fsp3) is 0.250. The Labute approximate surface area is 180 Å². The number of nitrogens with zero attached hydrogens (tertiary/aromatic N) is 1. The fourth-order valence-electron chi connectivity index (χ4n) is 3.97.